The monoisotopic (exact) mass is 429 g/mol. The number of imide groups is 1. The van der Waals surface area contributed by atoms with Crippen LogP contribution in [0.4, 0.5) is 5.69 Å². The van der Waals surface area contributed by atoms with Crippen LogP contribution >= 0.6 is 0 Å². The summed E-state index contributed by atoms with van der Waals surface area (Å²) in [5.74, 6) is 1.32. The Balaban J connectivity index is 1.14. The Morgan fingerprint density at radius 1 is 0.906 bits per heavy atom. The van der Waals surface area contributed by atoms with Crippen LogP contribution in [0, 0.1) is 35.5 Å². The number of ether oxygens (including phenoxy) is 2. The highest BCUT2D eigenvalue weighted by molar-refractivity contribution is 6.22. The largest absolute Gasteiger partial charge is 0.497 e. The summed E-state index contributed by atoms with van der Waals surface area (Å²) in [6, 6.07) is 13.8. The van der Waals surface area contributed by atoms with Crippen molar-refractivity contribution in [3.63, 3.8) is 0 Å². The second-order valence-electron chi connectivity index (χ2n) is 9.14. The zero-order valence-electron chi connectivity index (χ0n) is 17.6. The van der Waals surface area contributed by atoms with E-state index in [0.717, 1.165) is 12.0 Å². The highest BCUT2D eigenvalue weighted by Crippen LogP contribution is 2.65. The molecule has 6 heteroatoms. The van der Waals surface area contributed by atoms with Gasteiger partial charge in [0.1, 0.15) is 12.4 Å². The van der Waals surface area contributed by atoms with Crippen LogP contribution in [0.1, 0.15) is 22.3 Å². The molecule has 0 aromatic heterocycles. The third kappa shape index (κ3) is 2.82. The molecule has 2 amide bonds. The molecule has 2 saturated carbocycles. The quantitative estimate of drug-likeness (QED) is 0.413. The van der Waals surface area contributed by atoms with Gasteiger partial charge in [-0.3, -0.25) is 14.5 Å². The molecular formula is C26H23NO5. The van der Waals surface area contributed by atoms with E-state index in [1.807, 2.05) is 0 Å². The van der Waals surface area contributed by atoms with E-state index in [1.54, 1.807) is 55.6 Å². The molecule has 32 heavy (non-hydrogen) atoms. The second-order valence-corrected chi connectivity index (χ2v) is 9.14. The van der Waals surface area contributed by atoms with Crippen LogP contribution in [-0.2, 0) is 20.9 Å². The molecule has 2 unspecified atom stereocenters. The number of rotatable bonds is 5. The van der Waals surface area contributed by atoms with E-state index >= 15 is 0 Å². The van der Waals surface area contributed by atoms with Crippen LogP contribution in [0.25, 0.3) is 0 Å². The van der Waals surface area contributed by atoms with E-state index in [9.17, 15) is 14.4 Å². The molecule has 0 spiro atoms. The highest BCUT2D eigenvalue weighted by atomic mass is 16.5. The molecule has 1 aliphatic heterocycles. The van der Waals surface area contributed by atoms with Crippen molar-refractivity contribution >= 4 is 23.5 Å². The Bertz CT molecular complexity index is 1100. The number of hydrogen-bond acceptors (Lipinski definition) is 5. The lowest BCUT2D eigenvalue weighted by Crippen LogP contribution is -2.40. The van der Waals surface area contributed by atoms with E-state index in [1.165, 1.54) is 4.90 Å². The molecule has 2 bridgehead atoms. The maximum atomic E-state index is 13.2. The van der Waals surface area contributed by atoms with Crippen LogP contribution in [0.3, 0.4) is 0 Å². The van der Waals surface area contributed by atoms with E-state index in [-0.39, 0.29) is 42.1 Å². The Labute approximate surface area is 185 Å². The summed E-state index contributed by atoms with van der Waals surface area (Å²) < 4.78 is 10.5. The van der Waals surface area contributed by atoms with Crippen molar-refractivity contribution < 1.29 is 23.9 Å². The predicted octanol–water partition coefficient (Wildman–Crippen LogP) is 3.61. The van der Waals surface area contributed by atoms with Crippen LogP contribution < -0.4 is 9.64 Å². The number of hydrogen-bond donors (Lipinski definition) is 0. The van der Waals surface area contributed by atoms with Gasteiger partial charge in [0.05, 0.1) is 30.2 Å². The lowest BCUT2D eigenvalue weighted by Gasteiger charge is -2.37. The third-order valence-electron chi connectivity index (χ3n) is 7.55. The van der Waals surface area contributed by atoms with E-state index in [4.69, 9.17) is 9.47 Å². The van der Waals surface area contributed by atoms with Crippen LogP contribution in [0.15, 0.2) is 60.7 Å². The molecule has 162 valence electrons. The normalized spacial score (nSPS) is 31.3. The zero-order chi connectivity index (χ0) is 22.0. The first kappa shape index (κ1) is 19.3. The summed E-state index contributed by atoms with van der Waals surface area (Å²) in [5, 5.41) is 0. The fourth-order valence-corrected chi connectivity index (χ4v) is 5.91. The Morgan fingerprint density at radius 3 is 2.06 bits per heavy atom. The molecule has 4 aliphatic carbocycles. The van der Waals surface area contributed by atoms with Crippen LogP contribution in [0.5, 0.6) is 5.75 Å². The van der Waals surface area contributed by atoms with Gasteiger partial charge in [0.25, 0.3) is 0 Å². The number of methoxy groups -OCH3 is 1. The molecular weight excluding hydrogens is 406 g/mol. The number of esters is 1. The Hall–Kier alpha value is -3.41. The molecule has 7 rings (SSSR count). The van der Waals surface area contributed by atoms with E-state index in [2.05, 4.69) is 12.2 Å². The zero-order valence-corrected chi connectivity index (χ0v) is 17.6. The smallest absolute Gasteiger partial charge is 0.338 e. The molecule has 6 atom stereocenters. The standard InChI is InChI=1S/C26H23NO5/c1-31-17-8-4-15(5-9-17)26(30)32-13-14-2-6-16(7-3-14)27-24(28)22-18-10-11-19(21-12-20(18)21)23(22)25(27)29/h2-11,18-23H,12-13H2,1H3/t18-,19?,20?,21-,22-,23+/m1/s1. The molecule has 6 nitrogen and oxygen atoms in total. The molecule has 1 saturated heterocycles. The summed E-state index contributed by atoms with van der Waals surface area (Å²) in [4.78, 5) is 40.0. The SMILES string of the molecule is COc1ccc(C(=O)OCc2ccc(N3C(=O)[C@@H]4[C@@H]5C=CC([C@H]6CC65)[C@@H]4C3=O)cc2)cc1. The minimum atomic E-state index is -0.424. The lowest BCUT2D eigenvalue weighted by atomic mass is 9.63. The molecule has 3 fully saturated rings. The number of amides is 2. The van der Waals surface area contributed by atoms with Crippen LogP contribution in [-0.4, -0.2) is 24.9 Å². The van der Waals surface area contributed by atoms with Gasteiger partial charge in [0, 0.05) is 0 Å². The first-order valence-electron chi connectivity index (χ1n) is 11.0. The number of anilines is 1. The summed E-state index contributed by atoms with van der Waals surface area (Å²) in [6.45, 7) is 0.107. The van der Waals surface area contributed by atoms with Gasteiger partial charge in [-0.1, -0.05) is 24.3 Å². The Morgan fingerprint density at radius 2 is 1.50 bits per heavy atom. The molecule has 1 heterocycles. The number of allylic oxidation sites excluding steroid dienone is 2. The van der Waals surface area contributed by atoms with Crippen molar-refractivity contribution in [2.75, 3.05) is 12.0 Å². The van der Waals surface area contributed by atoms with Crippen molar-refractivity contribution in [3.05, 3.63) is 71.8 Å². The number of benzene rings is 2. The first-order valence-corrected chi connectivity index (χ1v) is 11.0. The van der Waals surface area contributed by atoms with Crippen molar-refractivity contribution in [2.24, 2.45) is 35.5 Å². The van der Waals surface area contributed by atoms with Gasteiger partial charge >= 0.3 is 5.97 Å². The number of carbonyl (C=O) groups excluding carboxylic acids is 3. The predicted molar refractivity (Wildman–Crippen MR) is 116 cm³/mol. The van der Waals surface area contributed by atoms with Crippen molar-refractivity contribution in [1.82, 2.24) is 0 Å². The third-order valence-corrected chi connectivity index (χ3v) is 7.55. The maximum absolute atomic E-state index is 13.2. The van der Waals surface area contributed by atoms with Crippen LogP contribution in [0.2, 0.25) is 0 Å². The summed E-state index contributed by atoms with van der Waals surface area (Å²) in [5.41, 5.74) is 1.82. The topological polar surface area (TPSA) is 72.9 Å². The molecule has 2 aromatic carbocycles. The minimum absolute atomic E-state index is 0.0663. The molecule has 5 aliphatic rings. The first-order chi connectivity index (χ1) is 15.6. The van der Waals surface area contributed by atoms with Gasteiger partial charge in [-0.05, 0) is 72.1 Å². The van der Waals surface area contributed by atoms with Crippen molar-refractivity contribution in [1.29, 1.82) is 0 Å². The summed E-state index contributed by atoms with van der Waals surface area (Å²) in [6.07, 6.45) is 5.50. The minimum Gasteiger partial charge on any atom is -0.497 e. The van der Waals surface area contributed by atoms with Crippen molar-refractivity contribution in [3.8, 4) is 5.75 Å². The van der Waals surface area contributed by atoms with Gasteiger partial charge in [-0.2, -0.15) is 0 Å². The Kier molecular flexibility index (Phi) is 4.25. The maximum Gasteiger partial charge on any atom is 0.338 e. The number of carbonyl (C=O) groups is 3. The van der Waals surface area contributed by atoms with Gasteiger partial charge in [0.15, 0.2) is 0 Å². The summed E-state index contributed by atoms with van der Waals surface area (Å²) in [7, 11) is 1.57. The van der Waals surface area contributed by atoms with Gasteiger partial charge in [0.2, 0.25) is 11.8 Å². The second kappa shape index (κ2) is 7.05. The molecule has 0 N–H and O–H groups in total. The van der Waals surface area contributed by atoms with Gasteiger partial charge in [-0.15, -0.1) is 0 Å². The molecule has 2 aromatic rings. The van der Waals surface area contributed by atoms with Crippen molar-refractivity contribution in [2.45, 2.75) is 13.0 Å². The number of nitrogens with zero attached hydrogens (tertiary/aromatic N) is 1. The van der Waals surface area contributed by atoms with E-state index in [0.29, 0.717) is 28.8 Å². The summed E-state index contributed by atoms with van der Waals surface area (Å²) >= 11 is 0. The average Bonchev–Trinajstić information content (AvgIpc) is 3.61. The highest BCUT2D eigenvalue weighted by Gasteiger charge is 2.67. The van der Waals surface area contributed by atoms with E-state index < -0.39 is 5.97 Å². The molecule has 0 radical (unpaired) electrons. The fourth-order valence-electron chi connectivity index (χ4n) is 5.91. The lowest BCUT2D eigenvalue weighted by molar-refractivity contribution is -0.124. The van der Waals surface area contributed by atoms with Gasteiger partial charge in [-0.25, -0.2) is 4.79 Å². The average molecular weight is 429 g/mol. The fraction of sp³-hybridized carbons (Fsp3) is 0.346. The van der Waals surface area contributed by atoms with Gasteiger partial charge < -0.3 is 9.47 Å².